The number of benzene rings is 1. The summed E-state index contributed by atoms with van der Waals surface area (Å²) in [6, 6.07) is 4.27. The molecule has 0 spiro atoms. The maximum Gasteiger partial charge on any atom is 0.323 e. The lowest BCUT2D eigenvalue weighted by molar-refractivity contribution is -0.222. The van der Waals surface area contributed by atoms with Crippen LogP contribution in [0, 0.1) is 23.7 Å². The van der Waals surface area contributed by atoms with E-state index in [1.807, 2.05) is 26.8 Å². The second kappa shape index (κ2) is 10.1. The number of carbonyl (C=O) groups is 2. The summed E-state index contributed by atoms with van der Waals surface area (Å²) in [4.78, 5) is 32.7. The van der Waals surface area contributed by atoms with E-state index in [2.05, 4.69) is 11.9 Å². The summed E-state index contributed by atoms with van der Waals surface area (Å²) in [7, 11) is 1.69. The topological polar surface area (TPSA) is 118 Å². The van der Waals surface area contributed by atoms with Crippen LogP contribution in [0.1, 0.15) is 58.4 Å². The molecule has 1 saturated heterocycles. The maximum atomic E-state index is 13.9. The average Bonchev–Trinajstić information content (AvgIpc) is 3.70. The van der Waals surface area contributed by atoms with Crippen LogP contribution in [0.5, 0.6) is 0 Å². The Bertz CT molecular complexity index is 1310. The summed E-state index contributed by atoms with van der Waals surface area (Å²) in [5, 5.41) is 29.2. The van der Waals surface area contributed by atoms with Gasteiger partial charge in [-0.05, 0) is 63.0 Å². The van der Waals surface area contributed by atoms with Crippen LogP contribution in [-0.2, 0) is 29.5 Å². The second-order valence-corrected chi connectivity index (χ2v) is 13.1. The molecule has 10 heteroatoms. The molecule has 9 nitrogen and oxygen atoms in total. The maximum absolute atomic E-state index is 13.9. The minimum atomic E-state index is -1.54. The molecular formula is C31H39ClN2O7. The fourth-order valence-electron chi connectivity index (χ4n) is 7.40. The van der Waals surface area contributed by atoms with Crippen LogP contribution in [0.2, 0.25) is 5.02 Å². The highest BCUT2D eigenvalue weighted by Crippen LogP contribution is 2.53. The number of allylic oxidation sites excluding steroid dienone is 1. The molecule has 2 aliphatic heterocycles. The number of hydrogen-bond acceptors (Lipinski definition) is 9. The van der Waals surface area contributed by atoms with Gasteiger partial charge in [0, 0.05) is 24.9 Å². The Labute approximate surface area is 245 Å². The molecule has 3 fully saturated rings. The van der Waals surface area contributed by atoms with E-state index in [0.29, 0.717) is 22.7 Å². The highest BCUT2D eigenvalue weighted by molar-refractivity contribution is 6.33. The normalized spacial score (nSPS) is 39.6. The van der Waals surface area contributed by atoms with Crippen LogP contribution in [0.3, 0.4) is 0 Å². The van der Waals surface area contributed by atoms with E-state index in [-0.39, 0.29) is 36.1 Å². The predicted octanol–water partition coefficient (Wildman–Crippen LogP) is 3.76. The first-order chi connectivity index (χ1) is 19.4. The third kappa shape index (κ3) is 4.52. The third-order valence-electron chi connectivity index (χ3n) is 9.94. The molecule has 3 aliphatic carbocycles. The van der Waals surface area contributed by atoms with Gasteiger partial charge in [0.1, 0.15) is 17.2 Å². The SMILES string of the molecule is C=C(C)[C@@H]1CC[C@@H](C)[C@@]2(O)[C@H]1C=C(C)[C@@H](OC(=O)C1CC1)[C@@H]2OC(=O)[C@@H]1C[C@@]2(O)c3cccc(Cl)c3N(C)O[C@H]2N1. The fraction of sp³-hybridized carbons (Fsp3) is 0.613. The number of rotatable bonds is 5. The number of ether oxygens (including phenoxy) is 2. The van der Waals surface area contributed by atoms with Crippen LogP contribution in [-0.4, -0.2) is 59.3 Å². The molecule has 0 amide bonds. The van der Waals surface area contributed by atoms with E-state index in [4.69, 9.17) is 25.9 Å². The van der Waals surface area contributed by atoms with Crippen molar-refractivity contribution in [2.24, 2.45) is 23.7 Å². The van der Waals surface area contributed by atoms with E-state index in [1.54, 1.807) is 25.2 Å². The van der Waals surface area contributed by atoms with E-state index in [9.17, 15) is 19.8 Å². The van der Waals surface area contributed by atoms with E-state index in [1.165, 1.54) is 5.06 Å². The summed E-state index contributed by atoms with van der Waals surface area (Å²) in [5.74, 6) is -1.76. The highest BCUT2D eigenvalue weighted by Gasteiger charge is 2.62. The van der Waals surface area contributed by atoms with Gasteiger partial charge in [-0.25, -0.2) is 0 Å². The molecule has 2 saturated carbocycles. The van der Waals surface area contributed by atoms with Crippen LogP contribution in [0.4, 0.5) is 5.69 Å². The quantitative estimate of drug-likeness (QED) is 0.350. The highest BCUT2D eigenvalue weighted by atomic mass is 35.5. The van der Waals surface area contributed by atoms with Crippen molar-refractivity contribution < 1.29 is 34.1 Å². The largest absolute Gasteiger partial charge is 0.454 e. The zero-order valence-corrected chi connectivity index (χ0v) is 24.7. The van der Waals surface area contributed by atoms with Crippen molar-refractivity contribution in [2.75, 3.05) is 12.1 Å². The fourth-order valence-corrected chi connectivity index (χ4v) is 7.69. The molecule has 1 aromatic rings. The molecule has 0 radical (unpaired) electrons. The summed E-state index contributed by atoms with van der Waals surface area (Å²) in [6.07, 6.45) is 2.07. The molecule has 41 heavy (non-hydrogen) atoms. The van der Waals surface area contributed by atoms with Gasteiger partial charge in [0.05, 0.1) is 16.6 Å². The van der Waals surface area contributed by atoms with Crippen LogP contribution >= 0.6 is 11.6 Å². The van der Waals surface area contributed by atoms with E-state index in [0.717, 1.165) is 30.4 Å². The van der Waals surface area contributed by atoms with Crippen molar-refractivity contribution in [1.29, 1.82) is 0 Å². The Kier molecular flexibility index (Phi) is 7.06. The molecule has 0 unspecified atom stereocenters. The number of nitrogens with one attached hydrogen (secondary N) is 1. The third-order valence-corrected chi connectivity index (χ3v) is 10.2. The van der Waals surface area contributed by atoms with Gasteiger partial charge >= 0.3 is 11.9 Å². The molecule has 0 bridgehead atoms. The number of carbonyl (C=O) groups excluding carboxylic acids is 2. The first kappa shape index (κ1) is 28.7. The van der Waals surface area contributed by atoms with Gasteiger partial charge in [-0.15, -0.1) is 0 Å². The van der Waals surface area contributed by atoms with Crippen molar-refractivity contribution in [3.8, 4) is 0 Å². The van der Waals surface area contributed by atoms with Gasteiger partial charge in [-0.3, -0.25) is 24.8 Å². The van der Waals surface area contributed by atoms with Crippen molar-refractivity contribution in [1.82, 2.24) is 5.32 Å². The standard InChI is InChI=1S/C31H39ClN2O7/c1-15(2)19-12-9-17(4)31(38)21(19)13-16(3)25(39-27(35)18-10-11-18)26(31)40-28(36)23-14-30(37)20-7-6-8-22(32)24(20)34(5)41-29(30)33-23/h6-8,13,17-19,21,23,25-26,29,33,37-38H,1,9-12,14H2,2-5H3/t17-,19+,21+,23+,25-,26+,29-,30-,31-/m1/s1. The lowest BCUT2D eigenvalue weighted by Gasteiger charge is -2.55. The Morgan fingerprint density at radius 1 is 1.17 bits per heavy atom. The molecule has 5 aliphatic rings. The molecule has 3 N–H and O–H groups in total. The summed E-state index contributed by atoms with van der Waals surface area (Å²) < 4.78 is 12.2. The number of hydrogen-bond donors (Lipinski definition) is 3. The smallest absolute Gasteiger partial charge is 0.323 e. The van der Waals surface area contributed by atoms with Gasteiger partial charge < -0.3 is 19.7 Å². The van der Waals surface area contributed by atoms with Gasteiger partial charge in [-0.1, -0.05) is 48.9 Å². The van der Waals surface area contributed by atoms with Crippen LogP contribution in [0.15, 0.2) is 42.0 Å². The minimum absolute atomic E-state index is 0.00851. The Hall–Kier alpha value is -2.43. The number of aliphatic hydroxyl groups is 2. The lowest BCUT2D eigenvalue weighted by atomic mass is 9.56. The average molecular weight is 587 g/mol. The number of fused-ring (bicyclic) bond motifs is 4. The Morgan fingerprint density at radius 2 is 1.90 bits per heavy atom. The Balaban J connectivity index is 1.32. The second-order valence-electron chi connectivity index (χ2n) is 12.7. The van der Waals surface area contributed by atoms with Crippen molar-refractivity contribution in [2.45, 2.75) is 88.6 Å². The lowest BCUT2D eigenvalue weighted by Crippen LogP contribution is -2.66. The van der Waals surface area contributed by atoms with E-state index < -0.39 is 41.6 Å². The first-order valence-electron chi connectivity index (χ1n) is 14.5. The van der Waals surface area contributed by atoms with Gasteiger partial charge in [-0.2, -0.15) is 0 Å². The van der Waals surface area contributed by atoms with Crippen LogP contribution < -0.4 is 10.4 Å². The molecule has 1 aromatic carbocycles. The Morgan fingerprint density at radius 3 is 2.59 bits per heavy atom. The van der Waals surface area contributed by atoms with Crippen molar-refractivity contribution in [3.05, 3.63) is 52.6 Å². The van der Waals surface area contributed by atoms with Gasteiger partial charge in [0.2, 0.25) is 0 Å². The van der Waals surface area contributed by atoms with Gasteiger partial charge in [0.25, 0.3) is 0 Å². The molecule has 9 atom stereocenters. The molecule has 222 valence electrons. The van der Waals surface area contributed by atoms with Gasteiger partial charge in [0.15, 0.2) is 18.4 Å². The number of hydroxylamine groups is 1. The number of esters is 2. The summed E-state index contributed by atoms with van der Waals surface area (Å²) in [5.41, 5.74) is -0.257. The van der Waals surface area contributed by atoms with Crippen molar-refractivity contribution in [3.63, 3.8) is 0 Å². The number of para-hydroxylation sites is 1. The molecule has 0 aromatic heterocycles. The number of halogens is 1. The number of anilines is 1. The minimum Gasteiger partial charge on any atom is -0.454 e. The van der Waals surface area contributed by atoms with E-state index >= 15 is 0 Å². The zero-order valence-electron chi connectivity index (χ0n) is 23.9. The monoisotopic (exact) mass is 586 g/mol. The molecular weight excluding hydrogens is 548 g/mol. The van der Waals surface area contributed by atoms with Crippen LogP contribution in [0.25, 0.3) is 0 Å². The first-order valence-corrected chi connectivity index (χ1v) is 14.9. The number of nitrogens with zero attached hydrogens (tertiary/aromatic N) is 1. The van der Waals surface area contributed by atoms with Crippen molar-refractivity contribution >= 4 is 29.2 Å². The summed E-state index contributed by atoms with van der Waals surface area (Å²) >= 11 is 6.42. The summed E-state index contributed by atoms with van der Waals surface area (Å²) in [6.45, 7) is 9.94. The molecule has 6 rings (SSSR count). The zero-order chi connectivity index (χ0) is 29.4. The molecule has 2 heterocycles. The predicted molar refractivity (Wildman–Crippen MR) is 152 cm³/mol.